The molecule has 1 aromatic carbocycles. The van der Waals surface area contributed by atoms with E-state index in [1.54, 1.807) is 11.0 Å². The lowest BCUT2D eigenvalue weighted by Gasteiger charge is -2.39. The van der Waals surface area contributed by atoms with Crippen molar-refractivity contribution in [2.24, 2.45) is 0 Å². The van der Waals surface area contributed by atoms with Crippen LogP contribution in [0.2, 0.25) is 5.02 Å². The Morgan fingerprint density at radius 2 is 2.05 bits per heavy atom. The topological polar surface area (TPSA) is 61.5 Å². The molecule has 1 atom stereocenters. The Bertz CT molecular complexity index is 467. The van der Waals surface area contributed by atoms with Crippen LogP contribution in [-0.4, -0.2) is 48.7 Å². The van der Waals surface area contributed by atoms with Crippen molar-refractivity contribution in [3.8, 4) is 0 Å². The second-order valence-electron chi connectivity index (χ2n) is 4.88. The van der Waals surface area contributed by atoms with Crippen molar-refractivity contribution in [2.45, 2.75) is 12.0 Å². The van der Waals surface area contributed by atoms with Crippen LogP contribution in [0.25, 0.3) is 0 Å². The number of rotatable bonds is 4. The van der Waals surface area contributed by atoms with Gasteiger partial charge in [0, 0.05) is 36.9 Å². The van der Waals surface area contributed by atoms with Gasteiger partial charge in [-0.05, 0) is 23.8 Å². The van der Waals surface area contributed by atoms with Crippen LogP contribution < -0.4 is 11.1 Å². The fraction of sp³-hybridized carbons (Fsp3) is 0.538. The summed E-state index contributed by atoms with van der Waals surface area (Å²) in [6, 6.07) is 3.26. The summed E-state index contributed by atoms with van der Waals surface area (Å²) in [6.07, 6.45) is 0. The van der Waals surface area contributed by atoms with E-state index < -0.39 is 18.6 Å². The Hall–Kier alpha value is -0.950. The summed E-state index contributed by atoms with van der Waals surface area (Å²) in [5.74, 6) is -3.28. The summed E-state index contributed by atoms with van der Waals surface area (Å²) < 4.78 is 28.4. The molecule has 0 aliphatic carbocycles. The Morgan fingerprint density at radius 3 is 2.65 bits per heavy atom. The number of nitrogens with two attached hydrogens (primary N) is 1. The van der Waals surface area contributed by atoms with Gasteiger partial charge >= 0.3 is 0 Å². The lowest BCUT2D eigenvalue weighted by Crippen LogP contribution is -2.51. The minimum atomic E-state index is -3.28. The van der Waals surface area contributed by atoms with Crippen molar-refractivity contribution in [1.29, 1.82) is 0 Å². The highest BCUT2D eigenvalue weighted by Crippen LogP contribution is 2.39. The third-order valence-corrected chi connectivity index (χ3v) is 3.71. The zero-order chi connectivity index (χ0) is 14.8. The first-order valence-corrected chi connectivity index (χ1v) is 6.82. The van der Waals surface area contributed by atoms with E-state index >= 15 is 0 Å². The van der Waals surface area contributed by atoms with Crippen molar-refractivity contribution in [2.75, 3.05) is 38.5 Å². The summed E-state index contributed by atoms with van der Waals surface area (Å²) in [4.78, 5) is 1.63. The molecule has 0 spiro atoms. The number of hydrogen-bond acceptors (Lipinski definition) is 4. The molecule has 0 bridgehead atoms. The van der Waals surface area contributed by atoms with Crippen molar-refractivity contribution >= 4 is 17.3 Å². The third kappa shape index (κ3) is 3.20. The first-order chi connectivity index (χ1) is 9.45. The SMILES string of the molecule is Nc1ccc(Cl)cc1[C@@H](N1CCNCC1)C(F)(F)CO. The van der Waals surface area contributed by atoms with Gasteiger partial charge in [-0.15, -0.1) is 0 Å². The lowest BCUT2D eigenvalue weighted by molar-refractivity contribution is -0.118. The van der Waals surface area contributed by atoms with E-state index in [9.17, 15) is 8.78 Å². The largest absolute Gasteiger partial charge is 0.398 e. The molecule has 2 rings (SSSR count). The molecule has 20 heavy (non-hydrogen) atoms. The summed E-state index contributed by atoms with van der Waals surface area (Å²) in [5, 5.41) is 12.5. The molecule has 1 aromatic rings. The second kappa shape index (κ2) is 6.22. The van der Waals surface area contributed by atoms with E-state index in [0.29, 0.717) is 31.2 Å². The van der Waals surface area contributed by atoms with Gasteiger partial charge in [-0.3, -0.25) is 4.90 Å². The van der Waals surface area contributed by atoms with Crippen molar-refractivity contribution in [3.63, 3.8) is 0 Å². The van der Waals surface area contributed by atoms with E-state index in [1.165, 1.54) is 12.1 Å². The second-order valence-corrected chi connectivity index (χ2v) is 5.32. The summed E-state index contributed by atoms with van der Waals surface area (Å²) in [7, 11) is 0. The number of alkyl halides is 2. The van der Waals surface area contributed by atoms with Crippen LogP contribution in [0.15, 0.2) is 18.2 Å². The number of aliphatic hydroxyl groups excluding tert-OH is 1. The fourth-order valence-electron chi connectivity index (χ4n) is 2.50. The summed E-state index contributed by atoms with van der Waals surface area (Å²) in [5.41, 5.74) is 6.35. The van der Waals surface area contributed by atoms with Crippen LogP contribution >= 0.6 is 11.6 Å². The van der Waals surface area contributed by atoms with Crippen molar-refractivity contribution in [3.05, 3.63) is 28.8 Å². The van der Waals surface area contributed by atoms with Crippen LogP contribution in [0.5, 0.6) is 0 Å². The predicted octanol–water partition coefficient (Wildman–Crippen LogP) is 1.50. The van der Waals surface area contributed by atoms with E-state index in [-0.39, 0.29) is 11.3 Å². The molecular weight excluding hydrogens is 288 g/mol. The van der Waals surface area contributed by atoms with E-state index in [4.69, 9.17) is 22.4 Å². The average molecular weight is 306 g/mol. The van der Waals surface area contributed by atoms with Crippen LogP contribution in [0.4, 0.5) is 14.5 Å². The quantitative estimate of drug-likeness (QED) is 0.738. The maximum Gasteiger partial charge on any atom is 0.289 e. The number of nitrogen functional groups attached to an aromatic ring is 1. The standard InChI is InChI=1S/C13H18ClF2N3O/c14-9-1-2-11(17)10(7-9)12(13(15,16)8-20)19-5-3-18-4-6-19/h1-2,7,12,18,20H,3-6,8,17H2/t12-/m1/s1. The lowest BCUT2D eigenvalue weighted by atomic mass is 9.96. The maximum absolute atomic E-state index is 14.2. The Balaban J connectivity index is 2.42. The monoisotopic (exact) mass is 305 g/mol. The molecule has 1 fully saturated rings. The molecule has 0 aromatic heterocycles. The zero-order valence-corrected chi connectivity index (χ0v) is 11.7. The highest BCUT2D eigenvalue weighted by Gasteiger charge is 2.44. The smallest absolute Gasteiger partial charge is 0.289 e. The molecule has 0 unspecified atom stereocenters. The zero-order valence-electron chi connectivity index (χ0n) is 11.0. The molecule has 7 heteroatoms. The molecule has 4 nitrogen and oxygen atoms in total. The Labute approximate surface area is 121 Å². The highest BCUT2D eigenvalue weighted by atomic mass is 35.5. The molecule has 0 amide bonds. The molecule has 4 N–H and O–H groups in total. The summed E-state index contributed by atoms with van der Waals surface area (Å²) in [6.45, 7) is 0.947. The first kappa shape index (κ1) is 15.4. The normalized spacial score (nSPS) is 19.0. The first-order valence-electron chi connectivity index (χ1n) is 6.44. The van der Waals surface area contributed by atoms with Gasteiger partial charge in [-0.1, -0.05) is 11.6 Å². The molecule has 1 heterocycles. The molecular formula is C13H18ClF2N3O. The van der Waals surface area contributed by atoms with Crippen LogP contribution in [0.3, 0.4) is 0 Å². The fourth-order valence-corrected chi connectivity index (χ4v) is 2.68. The molecule has 1 aliphatic rings. The van der Waals surface area contributed by atoms with E-state index in [0.717, 1.165) is 0 Å². The molecule has 1 aliphatic heterocycles. The Morgan fingerprint density at radius 1 is 1.40 bits per heavy atom. The van der Waals surface area contributed by atoms with Crippen LogP contribution in [0.1, 0.15) is 11.6 Å². The molecule has 112 valence electrons. The average Bonchev–Trinajstić information content (AvgIpc) is 2.44. The van der Waals surface area contributed by atoms with Gasteiger partial charge in [0.1, 0.15) is 12.6 Å². The number of halogens is 3. The number of nitrogens with one attached hydrogen (secondary N) is 1. The molecule has 1 saturated heterocycles. The van der Waals surface area contributed by atoms with Crippen molar-refractivity contribution < 1.29 is 13.9 Å². The maximum atomic E-state index is 14.2. The highest BCUT2D eigenvalue weighted by molar-refractivity contribution is 6.30. The van der Waals surface area contributed by atoms with Crippen LogP contribution in [0, 0.1) is 0 Å². The Kier molecular flexibility index (Phi) is 4.80. The van der Waals surface area contributed by atoms with Crippen molar-refractivity contribution in [1.82, 2.24) is 10.2 Å². The number of hydrogen-bond donors (Lipinski definition) is 3. The van der Waals surface area contributed by atoms with Gasteiger partial charge in [0.2, 0.25) is 0 Å². The van der Waals surface area contributed by atoms with E-state index in [1.807, 2.05) is 0 Å². The minimum absolute atomic E-state index is 0.256. The third-order valence-electron chi connectivity index (χ3n) is 3.47. The van der Waals surface area contributed by atoms with Gasteiger partial charge in [0.15, 0.2) is 0 Å². The van der Waals surface area contributed by atoms with Gasteiger partial charge in [0.25, 0.3) is 5.92 Å². The number of benzene rings is 1. The molecule has 0 saturated carbocycles. The van der Waals surface area contributed by atoms with Gasteiger partial charge in [-0.25, -0.2) is 8.78 Å². The number of piperazine rings is 1. The van der Waals surface area contributed by atoms with Gasteiger partial charge < -0.3 is 16.2 Å². The molecule has 0 radical (unpaired) electrons. The number of aliphatic hydroxyl groups is 1. The number of nitrogens with zero attached hydrogens (tertiary/aromatic N) is 1. The van der Waals surface area contributed by atoms with Gasteiger partial charge in [-0.2, -0.15) is 0 Å². The minimum Gasteiger partial charge on any atom is -0.398 e. The number of anilines is 1. The van der Waals surface area contributed by atoms with Gasteiger partial charge in [0.05, 0.1) is 0 Å². The van der Waals surface area contributed by atoms with E-state index in [2.05, 4.69) is 5.32 Å². The van der Waals surface area contributed by atoms with Crippen LogP contribution in [-0.2, 0) is 0 Å². The summed E-state index contributed by atoms with van der Waals surface area (Å²) >= 11 is 5.90. The predicted molar refractivity (Wildman–Crippen MR) is 75.1 cm³/mol.